The number of benzene rings is 1. The zero-order valence-corrected chi connectivity index (χ0v) is 9.88. The fourth-order valence-electron chi connectivity index (χ4n) is 1.57. The second-order valence-electron chi connectivity index (χ2n) is 3.88. The van der Waals surface area contributed by atoms with Crippen molar-refractivity contribution in [3.8, 4) is 11.3 Å². The Balaban J connectivity index is 2.31. The third kappa shape index (κ3) is 2.79. The summed E-state index contributed by atoms with van der Waals surface area (Å²) in [5.74, 6) is 0.611. The van der Waals surface area contributed by atoms with Crippen LogP contribution in [0, 0.1) is 6.92 Å². The number of rotatable bonds is 3. The van der Waals surface area contributed by atoms with E-state index in [1.54, 1.807) is 13.1 Å². The molecule has 2 N–H and O–H groups in total. The lowest BCUT2D eigenvalue weighted by atomic mass is 10.1. The van der Waals surface area contributed by atoms with Crippen LogP contribution in [0.15, 0.2) is 36.5 Å². The van der Waals surface area contributed by atoms with Crippen LogP contribution in [0.1, 0.15) is 12.6 Å². The Bertz CT molecular complexity index is 497. The Labute approximate surface area is 100 Å². The van der Waals surface area contributed by atoms with Gasteiger partial charge >= 0.3 is 0 Å². The molecule has 0 radical (unpaired) electrons. The van der Waals surface area contributed by atoms with Gasteiger partial charge in [-0.3, -0.25) is 0 Å². The number of nitrogens with one attached hydrogen (secondary N) is 1. The van der Waals surface area contributed by atoms with Crippen LogP contribution < -0.4 is 5.32 Å². The fourth-order valence-corrected chi connectivity index (χ4v) is 1.57. The lowest BCUT2D eigenvalue weighted by Crippen LogP contribution is -2.16. The first kappa shape index (κ1) is 11.5. The minimum atomic E-state index is -0.634. The normalized spacial score (nSPS) is 12.2. The number of aryl methyl sites for hydroxylation is 1. The quantitative estimate of drug-likeness (QED) is 0.792. The standard InChI is InChI=1S/C13H15N3O/c1-9-13(16-10(2)17)14-8-12(15-9)11-6-4-3-5-7-11/h3-8,10,17H,1-2H3,(H,14,16). The molecule has 0 spiro atoms. The number of hydrogen-bond donors (Lipinski definition) is 2. The van der Waals surface area contributed by atoms with Gasteiger partial charge in [-0.25, -0.2) is 9.97 Å². The molecule has 1 atom stereocenters. The van der Waals surface area contributed by atoms with Gasteiger partial charge in [0, 0.05) is 5.56 Å². The van der Waals surface area contributed by atoms with Gasteiger partial charge in [0.1, 0.15) is 12.0 Å². The molecule has 1 aromatic carbocycles. The van der Waals surface area contributed by atoms with Gasteiger partial charge in [0.05, 0.1) is 17.6 Å². The summed E-state index contributed by atoms with van der Waals surface area (Å²) in [6, 6.07) is 9.88. The molecule has 1 unspecified atom stereocenters. The molecule has 0 fully saturated rings. The summed E-state index contributed by atoms with van der Waals surface area (Å²) < 4.78 is 0. The summed E-state index contributed by atoms with van der Waals surface area (Å²) in [5, 5.41) is 12.1. The molecule has 0 amide bonds. The van der Waals surface area contributed by atoms with E-state index in [0.717, 1.165) is 17.0 Å². The Morgan fingerprint density at radius 1 is 1.24 bits per heavy atom. The maximum atomic E-state index is 9.24. The maximum Gasteiger partial charge on any atom is 0.149 e. The molecule has 4 heteroatoms. The number of hydrogen-bond acceptors (Lipinski definition) is 4. The Kier molecular flexibility index (Phi) is 3.35. The molecule has 4 nitrogen and oxygen atoms in total. The topological polar surface area (TPSA) is 58.0 Å². The number of aliphatic hydroxyl groups excluding tert-OH is 1. The molecule has 2 rings (SSSR count). The summed E-state index contributed by atoms with van der Waals surface area (Å²) in [7, 11) is 0. The van der Waals surface area contributed by atoms with Crippen LogP contribution in [0.5, 0.6) is 0 Å². The molecule has 88 valence electrons. The van der Waals surface area contributed by atoms with E-state index in [2.05, 4.69) is 15.3 Å². The van der Waals surface area contributed by atoms with E-state index in [0.29, 0.717) is 5.82 Å². The van der Waals surface area contributed by atoms with Gasteiger partial charge in [-0.05, 0) is 13.8 Å². The van der Waals surface area contributed by atoms with Crippen LogP contribution in [0.2, 0.25) is 0 Å². The molecule has 0 aliphatic carbocycles. The first-order chi connectivity index (χ1) is 8.16. The zero-order valence-electron chi connectivity index (χ0n) is 9.88. The van der Waals surface area contributed by atoms with E-state index in [1.165, 1.54) is 0 Å². The van der Waals surface area contributed by atoms with Crippen molar-refractivity contribution in [1.29, 1.82) is 0 Å². The molecule has 0 aliphatic rings. The van der Waals surface area contributed by atoms with Crippen molar-refractivity contribution < 1.29 is 5.11 Å². The monoisotopic (exact) mass is 229 g/mol. The number of anilines is 1. The first-order valence-corrected chi connectivity index (χ1v) is 5.50. The predicted octanol–water partition coefficient (Wildman–Crippen LogP) is 2.20. The van der Waals surface area contributed by atoms with E-state index < -0.39 is 6.23 Å². The van der Waals surface area contributed by atoms with Crippen molar-refractivity contribution in [3.05, 3.63) is 42.2 Å². The van der Waals surface area contributed by atoms with Crippen molar-refractivity contribution in [2.75, 3.05) is 5.32 Å². The van der Waals surface area contributed by atoms with E-state index >= 15 is 0 Å². The third-order valence-corrected chi connectivity index (χ3v) is 2.36. The highest BCUT2D eigenvalue weighted by Crippen LogP contribution is 2.18. The largest absolute Gasteiger partial charge is 0.374 e. The smallest absolute Gasteiger partial charge is 0.149 e. The molecule has 0 aliphatic heterocycles. The van der Waals surface area contributed by atoms with Crippen LogP contribution >= 0.6 is 0 Å². The van der Waals surface area contributed by atoms with Crippen LogP contribution in [0.3, 0.4) is 0 Å². The minimum absolute atomic E-state index is 0.611. The Hall–Kier alpha value is -1.94. The second kappa shape index (κ2) is 4.93. The van der Waals surface area contributed by atoms with Crippen LogP contribution in [-0.4, -0.2) is 21.3 Å². The Morgan fingerprint density at radius 2 is 1.94 bits per heavy atom. The summed E-state index contributed by atoms with van der Waals surface area (Å²) in [5.41, 5.74) is 2.64. The van der Waals surface area contributed by atoms with E-state index in [9.17, 15) is 5.11 Å². The average Bonchev–Trinajstić information content (AvgIpc) is 2.32. The second-order valence-corrected chi connectivity index (χ2v) is 3.88. The molecule has 2 aromatic rings. The van der Waals surface area contributed by atoms with Crippen molar-refractivity contribution in [2.45, 2.75) is 20.1 Å². The Morgan fingerprint density at radius 3 is 2.53 bits per heavy atom. The van der Waals surface area contributed by atoms with Crippen molar-refractivity contribution >= 4 is 5.82 Å². The molecule has 1 heterocycles. The van der Waals surface area contributed by atoms with E-state index in [-0.39, 0.29) is 0 Å². The molecule has 17 heavy (non-hydrogen) atoms. The molecular weight excluding hydrogens is 214 g/mol. The summed E-state index contributed by atoms with van der Waals surface area (Å²) in [4.78, 5) is 8.72. The van der Waals surface area contributed by atoms with E-state index in [1.807, 2.05) is 37.3 Å². The summed E-state index contributed by atoms with van der Waals surface area (Å²) >= 11 is 0. The number of aliphatic hydroxyl groups is 1. The zero-order chi connectivity index (χ0) is 12.3. The van der Waals surface area contributed by atoms with Gasteiger partial charge in [0.2, 0.25) is 0 Å². The summed E-state index contributed by atoms with van der Waals surface area (Å²) in [6.07, 6.45) is 1.07. The maximum absolute atomic E-state index is 9.24. The first-order valence-electron chi connectivity index (χ1n) is 5.50. The van der Waals surface area contributed by atoms with Crippen LogP contribution in [-0.2, 0) is 0 Å². The van der Waals surface area contributed by atoms with Gasteiger partial charge in [0.15, 0.2) is 0 Å². The van der Waals surface area contributed by atoms with Gasteiger partial charge in [0.25, 0.3) is 0 Å². The molecule has 0 saturated heterocycles. The van der Waals surface area contributed by atoms with Gasteiger partial charge in [-0.15, -0.1) is 0 Å². The van der Waals surface area contributed by atoms with E-state index in [4.69, 9.17) is 0 Å². The predicted molar refractivity (Wildman–Crippen MR) is 67.5 cm³/mol. The molecule has 0 bridgehead atoms. The third-order valence-electron chi connectivity index (χ3n) is 2.36. The highest BCUT2D eigenvalue weighted by Gasteiger charge is 2.06. The fraction of sp³-hybridized carbons (Fsp3) is 0.231. The lowest BCUT2D eigenvalue weighted by molar-refractivity contribution is 0.223. The molecular formula is C13H15N3O. The lowest BCUT2D eigenvalue weighted by Gasteiger charge is -2.11. The molecule has 0 saturated carbocycles. The van der Waals surface area contributed by atoms with Crippen molar-refractivity contribution in [2.24, 2.45) is 0 Å². The van der Waals surface area contributed by atoms with Gasteiger partial charge in [-0.1, -0.05) is 30.3 Å². The highest BCUT2D eigenvalue weighted by molar-refractivity contribution is 5.59. The number of aromatic nitrogens is 2. The highest BCUT2D eigenvalue weighted by atomic mass is 16.3. The number of nitrogens with zero attached hydrogens (tertiary/aromatic N) is 2. The van der Waals surface area contributed by atoms with Gasteiger partial charge < -0.3 is 10.4 Å². The van der Waals surface area contributed by atoms with Crippen molar-refractivity contribution in [1.82, 2.24) is 9.97 Å². The average molecular weight is 229 g/mol. The van der Waals surface area contributed by atoms with Gasteiger partial charge in [-0.2, -0.15) is 0 Å². The van der Waals surface area contributed by atoms with Crippen LogP contribution in [0.25, 0.3) is 11.3 Å². The summed E-state index contributed by atoms with van der Waals surface area (Å²) in [6.45, 7) is 3.51. The SMILES string of the molecule is Cc1nc(-c2ccccc2)cnc1NC(C)O. The minimum Gasteiger partial charge on any atom is -0.374 e. The van der Waals surface area contributed by atoms with Crippen LogP contribution in [0.4, 0.5) is 5.82 Å². The molecule has 1 aromatic heterocycles. The van der Waals surface area contributed by atoms with Crippen molar-refractivity contribution in [3.63, 3.8) is 0 Å².